The standard InChI is InChI=1S/C8H4BrN3/c9-12-8-2-1-6(4-10)3-7(8)5-11-12/h1-3,5H. The molecule has 2 rings (SSSR count). The molecule has 0 aliphatic carbocycles. The number of hydrogen-bond donors (Lipinski definition) is 0. The molecule has 0 atom stereocenters. The van der Waals surface area contributed by atoms with E-state index in [-0.39, 0.29) is 0 Å². The summed E-state index contributed by atoms with van der Waals surface area (Å²) in [6, 6.07) is 7.50. The van der Waals surface area contributed by atoms with Gasteiger partial charge in [0.25, 0.3) is 0 Å². The Morgan fingerprint density at radius 1 is 1.50 bits per heavy atom. The molecule has 1 heterocycles. The predicted octanol–water partition coefficient (Wildman–Crippen LogP) is 2.07. The Morgan fingerprint density at radius 2 is 2.33 bits per heavy atom. The first-order valence-corrected chi connectivity index (χ1v) is 4.06. The maximum Gasteiger partial charge on any atom is 0.0991 e. The Hall–Kier alpha value is -1.34. The highest BCUT2D eigenvalue weighted by atomic mass is 79.9. The van der Waals surface area contributed by atoms with Gasteiger partial charge >= 0.3 is 0 Å². The summed E-state index contributed by atoms with van der Waals surface area (Å²) in [5.74, 6) is 0. The van der Waals surface area contributed by atoms with Crippen LogP contribution in [-0.4, -0.2) is 8.81 Å². The van der Waals surface area contributed by atoms with Gasteiger partial charge in [-0.05, 0) is 18.2 Å². The molecular weight excluding hydrogens is 218 g/mol. The minimum atomic E-state index is 0.656. The second-order valence-corrected chi connectivity index (χ2v) is 3.06. The van der Waals surface area contributed by atoms with Gasteiger partial charge in [0.2, 0.25) is 0 Å². The molecule has 1 aromatic heterocycles. The molecule has 0 N–H and O–H groups in total. The Kier molecular flexibility index (Phi) is 1.59. The van der Waals surface area contributed by atoms with E-state index in [4.69, 9.17) is 5.26 Å². The Balaban J connectivity index is 2.80. The minimum absolute atomic E-state index is 0.656. The number of halogens is 1. The van der Waals surface area contributed by atoms with Crippen molar-refractivity contribution in [2.45, 2.75) is 0 Å². The summed E-state index contributed by atoms with van der Waals surface area (Å²) in [5, 5.41) is 13.6. The van der Waals surface area contributed by atoms with E-state index in [1.807, 2.05) is 6.07 Å². The third-order valence-electron chi connectivity index (χ3n) is 1.65. The third kappa shape index (κ3) is 0.990. The number of aromatic nitrogens is 2. The fourth-order valence-corrected chi connectivity index (χ4v) is 1.49. The molecule has 2 aromatic rings. The third-order valence-corrected chi connectivity index (χ3v) is 2.22. The van der Waals surface area contributed by atoms with Crippen LogP contribution in [-0.2, 0) is 0 Å². The van der Waals surface area contributed by atoms with Crippen LogP contribution >= 0.6 is 16.1 Å². The summed E-state index contributed by atoms with van der Waals surface area (Å²) in [4.78, 5) is 0. The lowest BCUT2D eigenvalue weighted by Gasteiger charge is -1.90. The minimum Gasteiger partial charge on any atom is -0.197 e. The molecule has 12 heavy (non-hydrogen) atoms. The van der Waals surface area contributed by atoms with Crippen molar-refractivity contribution in [1.82, 2.24) is 8.81 Å². The topological polar surface area (TPSA) is 41.6 Å². The van der Waals surface area contributed by atoms with E-state index in [2.05, 4.69) is 27.3 Å². The fraction of sp³-hybridized carbons (Fsp3) is 0. The fourth-order valence-electron chi connectivity index (χ4n) is 1.07. The molecular formula is C8H4BrN3. The zero-order valence-corrected chi connectivity index (χ0v) is 7.62. The number of nitriles is 1. The molecule has 4 heteroatoms. The zero-order valence-electron chi connectivity index (χ0n) is 6.03. The Labute approximate surface area is 77.6 Å². The predicted molar refractivity (Wildman–Crippen MR) is 48.8 cm³/mol. The summed E-state index contributed by atoms with van der Waals surface area (Å²) in [5.41, 5.74) is 1.62. The number of rotatable bonds is 0. The van der Waals surface area contributed by atoms with Crippen LogP contribution in [0.15, 0.2) is 24.4 Å². The lowest BCUT2D eigenvalue weighted by atomic mass is 10.2. The second-order valence-electron chi connectivity index (χ2n) is 2.39. The van der Waals surface area contributed by atoms with Gasteiger partial charge in [0, 0.05) is 5.39 Å². The smallest absolute Gasteiger partial charge is 0.0991 e. The first-order chi connectivity index (χ1) is 5.81. The average Bonchev–Trinajstić information content (AvgIpc) is 2.47. The summed E-state index contributed by atoms with van der Waals surface area (Å²) >= 11 is 3.24. The van der Waals surface area contributed by atoms with Crippen molar-refractivity contribution in [2.24, 2.45) is 0 Å². The van der Waals surface area contributed by atoms with Crippen LogP contribution in [0.1, 0.15) is 5.56 Å². The molecule has 0 bridgehead atoms. The molecule has 0 aliphatic rings. The highest BCUT2D eigenvalue weighted by Gasteiger charge is 2.00. The van der Waals surface area contributed by atoms with Crippen molar-refractivity contribution < 1.29 is 0 Å². The zero-order chi connectivity index (χ0) is 8.55. The van der Waals surface area contributed by atoms with E-state index in [0.717, 1.165) is 10.9 Å². The van der Waals surface area contributed by atoms with Gasteiger partial charge in [-0.15, -0.1) is 0 Å². The molecule has 0 saturated carbocycles. The quantitative estimate of drug-likeness (QED) is 0.684. The first-order valence-electron chi connectivity index (χ1n) is 3.35. The van der Waals surface area contributed by atoms with Crippen LogP contribution in [0, 0.1) is 11.3 Å². The summed E-state index contributed by atoms with van der Waals surface area (Å²) in [7, 11) is 0. The van der Waals surface area contributed by atoms with Crippen LogP contribution in [0.5, 0.6) is 0 Å². The lowest BCUT2D eigenvalue weighted by molar-refractivity contribution is 1.06. The van der Waals surface area contributed by atoms with Gasteiger partial charge in [-0.2, -0.15) is 14.1 Å². The van der Waals surface area contributed by atoms with Crippen molar-refractivity contribution in [3.8, 4) is 6.07 Å². The van der Waals surface area contributed by atoms with Crippen molar-refractivity contribution in [3.63, 3.8) is 0 Å². The Morgan fingerprint density at radius 3 is 3.08 bits per heavy atom. The van der Waals surface area contributed by atoms with E-state index >= 15 is 0 Å². The normalized spacial score (nSPS) is 10.0. The summed E-state index contributed by atoms with van der Waals surface area (Å²) in [6.45, 7) is 0. The highest BCUT2D eigenvalue weighted by molar-refractivity contribution is 9.08. The molecule has 0 radical (unpaired) electrons. The van der Waals surface area contributed by atoms with E-state index in [1.54, 1.807) is 22.0 Å². The van der Waals surface area contributed by atoms with Gasteiger partial charge in [-0.25, -0.2) is 0 Å². The Bertz CT molecular complexity index is 467. The first kappa shape index (κ1) is 7.32. The maximum atomic E-state index is 8.61. The molecule has 0 aliphatic heterocycles. The van der Waals surface area contributed by atoms with Crippen molar-refractivity contribution >= 4 is 27.1 Å². The van der Waals surface area contributed by atoms with Gasteiger partial charge < -0.3 is 0 Å². The van der Waals surface area contributed by atoms with Crippen molar-refractivity contribution in [3.05, 3.63) is 30.0 Å². The van der Waals surface area contributed by atoms with Gasteiger partial charge in [0.05, 0.1) is 39.5 Å². The van der Waals surface area contributed by atoms with Gasteiger partial charge in [-0.1, -0.05) is 0 Å². The largest absolute Gasteiger partial charge is 0.197 e. The molecule has 58 valence electrons. The molecule has 3 nitrogen and oxygen atoms in total. The number of hydrogen-bond acceptors (Lipinski definition) is 2. The van der Waals surface area contributed by atoms with Gasteiger partial charge in [0.1, 0.15) is 0 Å². The molecule has 1 aromatic carbocycles. The van der Waals surface area contributed by atoms with Crippen molar-refractivity contribution in [2.75, 3.05) is 0 Å². The molecule has 0 saturated heterocycles. The maximum absolute atomic E-state index is 8.61. The molecule has 0 spiro atoms. The van der Waals surface area contributed by atoms with Crippen LogP contribution < -0.4 is 0 Å². The number of fused-ring (bicyclic) bond motifs is 1. The van der Waals surface area contributed by atoms with Crippen LogP contribution in [0.25, 0.3) is 10.9 Å². The van der Waals surface area contributed by atoms with E-state index in [1.165, 1.54) is 0 Å². The van der Waals surface area contributed by atoms with Crippen LogP contribution in [0.2, 0.25) is 0 Å². The van der Waals surface area contributed by atoms with E-state index in [0.29, 0.717) is 5.56 Å². The number of benzene rings is 1. The molecule has 0 amide bonds. The number of nitrogens with zero attached hydrogens (tertiary/aromatic N) is 3. The molecule has 0 fully saturated rings. The van der Waals surface area contributed by atoms with Gasteiger partial charge in [0.15, 0.2) is 0 Å². The molecule has 0 unspecified atom stereocenters. The van der Waals surface area contributed by atoms with Crippen LogP contribution in [0.3, 0.4) is 0 Å². The average molecular weight is 222 g/mol. The summed E-state index contributed by atoms with van der Waals surface area (Å²) < 4.78 is 1.60. The summed E-state index contributed by atoms with van der Waals surface area (Å²) in [6.07, 6.45) is 1.71. The second kappa shape index (κ2) is 2.61. The van der Waals surface area contributed by atoms with E-state index < -0.39 is 0 Å². The van der Waals surface area contributed by atoms with Gasteiger partial charge in [-0.3, -0.25) is 0 Å². The highest BCUT2D eigenvalue weighted by Crippen LogP contribution is 2.16. The van der Waals surface area contributed by atoms with Crippen molar-refractivity contribution in [1.29, 1.82) is 5.26 Å². The SMILES string of the molecule is N#Cc1ccc2c(cnn2Br)c1. The van der Waals surface area contributed by atoms with Crippen LogP contribution in [0.4, 0.5) is 0 Å². The lowest BCUT2D eigenvalue weighted by Crippen LogP contribution is -1.79. The van der Waals surface area contributed by atoms with E-state index in [9.17, 15) is 0 Å². The monoisotopic (exact) mass is 221 g/mol.